The molecule has 1 N–H and O–H groups in total. The van der Waals surface area contributed by atoms with E-state index in [4.69, 9.17) is 0 Å². The van der Waals surface area contributed by atoms with E-state index in [1.807, 2.05) is 0 Å². The molecule has 0 unspecified atom stereocenters. The SMILES string of the molecule is CS(=O)(=O)c1c(O)ccc(CCC=O)c1F. The van der Waals surface area contributed by atoms with Gasteiger partial charge in [-0.2, -0.15) is 0 Å². The Morgan fingerprint density at radius 1 is 1.44 bits per heavy atom. The third kappa shape index (κ3) is 2.57. The molecule has 0 radical (unpaired) electrons. The summed E-state index contributed by atoms with van der Waals surface area (Å²) in [7, 11) is -3.83. The highest BCUT2D eigenvalue weighted by molar-refractivity contribution is 7.90. The maximum absolute atomic E-state index is 13.7. The van der Waals surface area contributed by atoms with Gasteiger partial charge >= 0.3 is 0 Å². The van der Waals surface area contributed by atoms with Crippen molar-refractivity contribution in [2.75, 3.05) is 6.26 Å². The van der Waals surface area contributed by atoms with E-state index in [0.29, 0.717) is 6.29 Å². The number of sulfone groups is 1. The van der Waals surface area contributed by atoms with E-state index in [1.165, 1.54) is 6.07 Å². The number of phenolic OH excluding ortho intramolecular Hbond substituents is 1. The van der Waals surface area contributed by atoms with Crippen LogP contribution in [0.3, 0.4) is 0 Å². The van der Waals surface area contributed by atoms with Crippen LogP contribution in [0.4, 0.5) is 4.39 Å². The van der Waals surface area contributed by atoms with Crippen molar-refractivity contribution >= 4 is 16.1 Å². The first-order chi connectivity index (χ1) is 7.38. The van der Waals surface area contributed by atoms with E-state index in [-0.39, 0.29) is 18.4 Å². The largest absolute Gasteiger partial charge is 0.506 e. The molecule has 6 heteroatoms. The smallest absolute Gasteiger partial charge is 0.182 e. The van der Waals surface area contributed by atoms with E-state index >= 15 is 0 Å². The second-order valence-electron chi connectivity index (χ2n) is 3.36. The number of rotatable bonds is 4. The minimum atomic E-state index is -3.83. The lowest BCUT2D eigenvalue weighted by molar-refractivity contribution is -0.107. The molecule has 0 saturated carbocycles. The number of halogens is 1. The number of phenols is 1. The van der Waals surface area contributed by atoms with Gasteiger partial charge in [0, 0.05) is 12.7 Å². The second-order valence-corrected chi connectivity index (χ2v) is 5.32. The van der Waals surface area contributed by atoms with Crippen molar-refractivity contribution in [1.82, 2.24) is 0 Å². The Morgan fingerprint density at radius 3 is 2.56 bits per heavy atom. The van der Waals surface area contributed by atoms with Crippen molar-refractivity contribution in [1.29, 1.82) is 0 Å². The summed E-state index contributed by atoms with van der Waals surface area (Å²) < 4.78 is 36.2. The molecule has 0 aliphatic carbocycles. The Hall–Kier alpha value is -1.43. The van der Waals surface area contributed by atoms with E-state index < -0.39 is 26.3 Å². The third-order valence-corrected chi connectivity index (χ3v) is 3.19. The van der Waals surface area contributed by atoms with Crippen molar-refractivity contribution < 1.29 is 22.7 Å². The molecule has 0 aliphatic rings. The lowest BCUT2D eigenvalue weighted by atomic mass is 10.1. The molecule has 0 aromatic heterocycles. The van der Waals surface area contributed by atoms with Crippen molar-refractivity contribution in [3.8, 4) is 5.75 Å². The summed E-state index contributed by atoms with van der Waals surface area (Å²) in [6.45, 7) is 0. The van der Waals surface area contributed by atoms with Gasteiger partial charge in [-0.15, -0.1) is 0 Å². The number of benzene rings is 1. The first kappa shape index (κ1) is 12.6. The Balaban J connectivity index is 3.33. The molecule has 0 spiro atoms. The zero-order chi connectivity index (χ0) is 12.3. The first-order valence-electron chi connectivity index (χ1n) is 4.52. The Labute approximate surface area is 92.6 Å². The van der Waals surface area contributed by atoms with Gasteiger partial charge in [-0.1, -0.05) is 6.07 Å². The molecule has 0 atom stereocenters. The Morgan fingerprint density at radius 2 is 2.06 bits per heavy atom. The molecule has 0 saturated heterocycles. The molecule has 1 rings (SSSR count). The molecule has 4 nitrogen and oxygen atoms in total. The highest BCUT2D eigenvalue weighted by Crippen LogP contribution is 2.28. The highest BCUT2D eigenvalue weighted by atomic mass is 32.2. The molecule has 0 amide bonds. The van der Waals surface area contributed by atoms with Crippen LogP contribution in [0.5, 0.6) is 5.75 Å². The van der Waals surface area contributed by atoms with Crippen LogP contribution in [0.25, 0.3) is 0 Å². The summed E-state index contributed by atoms with van der Waals surface area (Å²) in [5.74, 6) is -1.60. The quantitative estimate of drug-likeness (QED) is 0.806. The fourth-order valence-electron chi connectivity index (χ4n) is 1.35. The van der Waals surface area contributed by atoms with E-state index in [1.54, 1.807) is 0 Å². The number of hydrogen-bond donors (Lipinski definition) is 1. The van der Waals surface area contributed by atoms with Crippen LogP contribution in [0, 0.1) is 5.82 Å². The van der Waals surface area contributed by atoms with Crippen LogP contribution in [0.2, 0.25) is 0 Å². The summed E-state index contributed by atoms with van der Waals surface area (Å²) in [4.78, 5) is 9.44. The molecular weight excluding hydrogens is 235 g/mol. The minimum Gasteiger partial charge on any atom is -0.506 e. The maximum atomic E-state index is 13.7. The van der Waals surface area contributed by atoms with Gasteiger partial charge in [-0.3, -0.25) is 0 Å². The molecular formula is C10H11FO4S. The fraction of sp³-hybridized carbons (Fsp3) is 0.300. The minimum absolute atomic E-state index is 0.102. The van der Waals surface area contributed by atoms with Gasteiger partial charge in [0.15, 0.2) is 9.84 Å². The van der Waals surface area contributed by atoms with Crippen LogP contribution in [0.1, 0.15) is 12.0 Å². The maximum Gasteiger partial charge on any atom is 0.182 e. The summed E-state index contributed by atoms with van der Waals surface area (Å²) in [6, 6.07) is 2.38. The van der Waals surface area contributed by atoms with Gasteiger partial charge in [0.05, 0.1) is 0 Å². The molecule has 0 aliphatic heterocycles. The van der Waals surface area contributed by atoms with E-state index in [0.717, 1.165) is 12.3 Å². The highest BCUT2D eigenvalue weighted by Gasteiger charge is 2.21. The predicted molar refractivity (Wildman–Crippen MR) is 55.6 cm³/mol. The summed E-state index contributed by atoms with van der Waals surface area (Å²) >= 11 is 0. The van der Waals surface area contributed by atoms with Crippen LogP contribution in [0.15, 0.2) is 17.0 Å². The van der Waals surface area contributed by atoms with Gasteiger partial charge in [0.2, 0.25) is 0 Å². The van der Waals surface area contributed by atoms with Crippen LogP contribution >= 0.6 is 0 Å². The normalized spacial score (nSPS) is 11.4. The van der Waals surface area contributed by atoms with Gasteiger partial charge < -0.3 is 9.90 Å². The predicted octanol–water partition coefficient (Wildman–Crippen LogP) is 1.07. The van der Waals surface area contributed by atoms with Crippen LogP contribution < -0.4 is 0 Å². The van der Waals surface area contributed by atoms with Gasteiger partial charge in [0.1, 0.15) is 22.7 Å². The molecule has 1 aromatic carbocycles. The molecule has 0 heterocycles. The van der Waals surface area contributed by atoms with E-state index in [9.17, 15) is 22.7 Å². The van der Waals surface area contributed by atoms with Crippen molar-refractivity contribution in [3.05, 3.63) is 23.5 Å². The van der Waals surface area contributed by atoms with Gasteiger partial charge in [-0.25, -0.2) is 12.8 Å². The number of aldehydes is 1. The lowest BCUT2D eigenvalue weighted by Crippen LogP contribution is -2.04. The molecule has 16 heavy (non-hydrogen) atoms. The van der Waals surface area contributed by atoms with Crippen molar-refractivity contribution in [3.63, 3.8) is 0 Å². The molecule has 0 fully saturated rings. The second kappa shape index (κ2) is 4.61. The van der Waals surface area contributed by atoms with Gasteiger partial charge in [0.25, 0.3) is 0 Å². The van der Waals surface area contributed by atoms with E-state index in [2.05, 4.69) is 0 Å². The Kier molecular flexibility index (Phi) is 3.64. The van der Waals surface area contributed by atoms with Crippen molar-refractivity contribution in [2.24, 2.45) is 0 Å². The average Bonchev–Trinajstić information content (AvgIpc) is 2.14. The van der Waals surface area contributed by atoms with Gasteiger partial charge in [-0.05, 0) is 18.1 Å². The zero-order valence-corrected chi connectivity index (χ0v) is 9.42. The lowest BCUT2D eigenvalue weighted by Gasteiger charge is -2.07. The number of carbonyl (C=O) groups excluding carboxylic acids is 1. The van der Waals surface area contributed by atoms with Crippen molar-refractivity contribution in [2.45, 2.75) is 17.7 Å². The topological polar surface area (TPSA) is 71.4 Å². The molecule has 0 bridgehead atoms. The average molecular weight is 246 g/mol. The third-order valence-electron chi connectivity index (χ3n) is 2.06. The number of hydrogen-bond acceptors (Lipinski definition) is 4. The van der Waals surface area contributed by atoms with Crippen LogP contribution in [-0.4, -0.2) is 26.1 Å². The standard InChI is InChI=1S/C10H11FO4S/c1-16(14,15)10-8(13)5-4-7(9(10)11)3-2-6-12/h4-6,13H,2-3H2,1H3. The number of carbonyl (C=O) groups is 1. The first-order valence-corrected chi connectivity index (χ1v) is 6.41. The number of aromatic hydroxyl groups is 1. The monoisotopic (exact) mass is 246 g/mol. The number of aryl methyl sites for hydroxylation is 1. The fourth-order valence-corrected chi connectivity index (χ4v) is 2.25. The summed E-state index contributed by atoms with van der Waals surface area (Å²) in [5, 5.41) is 9.29. The molecule has 88 valence electrons. The zero-order valence-electron chi connectivity index (χ0n) is 8.60. The molecule has 1 aromatic rings. The summed E-state index contributed by atoms with van der Waals surface area (Å²) in [6.07, 6.45) is 1.64. The Bertz CT molecular complexity index is 508. The summed E-state index contributed by atoms with van der Waals surface area (Å²) in [5.41, 5.74) is 0.102. The van der Waals surface area contributed by atoms with Crippen LogP contribution in [-0.2, 0) is 21.1 Å².